The molecule has 0 saturated carbocycles. The van der Waals surface area contributed by atoms with Crippen molar-refractivity contribution >= 4 is 23.3 Å². The van der Waals surface area contributed by atoms with E-state index in [4.69, 9.17) is 9.84 Å². The second kappa shape index (κ2) is 7.95. The number of hydrogen-bond donors (Lipinski definition) is 1. The van der Waals surface area contributed by atoms with Gasteiger partial charge in [0.05, 0.1) is 12.2 Å². The van der Waals surface area contributed by atoms with Gasteiger partial charge < -0.3 is 14.7 Å². The van der Waals surface area contributed by atoms with Gasteiger partial charge in [0.1, 0.15) is 25.1 Å². The Morgan fingerprint density at radius 2 is 2.24 bits per heavy atom. The minimum absolute atomic E-state index is 0.250. The van der Waals surface area contributed by atoms with Gasteiger partial charge in [0.15, 0.2) is 6.33 Å². The molecule has 29 heavy (non-hydrogen) atoms. The summed E-state index contributed by atoms with van der Waals surface area (Å²) in [5.74, 6) is -0.802. The third-order valence-electron chi connectivity index (χ3n) is 4.94. The number of aliphatic hydroxyl groups excluding tert-OH is 1. The molecule has 0 aliphatic carbocycles. The maximum atomic E-state index is 14.8. The number of hydrogen-bond acceptors (Lipinski definition) is 7. The van der Waals surface area contributed by atoms with Crippen molar-refractivity contribution in [3.8, 4) is 0 Å². The monoisotopic (exact) mass is 402 g/mol. The van der Waals surface area contributed by atoms with Crippen LogP contribution in [0.4, 0.5) is 14.9 Å². The van der Waals surface area contributed by atoms with Crippen molar-refractivity contribution in [3.05, 3.63) is 42.0 Å². The first kappa shape index (κ1) is 19.0. The summed E-state index contributed by atoms with van der Waals surface area (Å²) in [7, 11) is 0. The molecule has 1 saturated heterocycles. The number of cyclic esters (lactones) is 1. The minimum atomic E-state index is -0.558. The smallest absolute Gasteiger partial charge is 0.414 e. The van der Waals surface area contributed by atoms with Crippen LogP contribution >= 0.6 is 0 Å². The Kier molecular flexibility index (Phi) is 5.21. The Labute approximate surface area is 165 Å². The highest BCUT2D eigenvalue weighted by Gasteiger charge is 2.33. The Hall–Kier alpha value is -3.34. The molecule has 2 amide bonds. The molecule has 0 spiro atoms. The maximum Gasteiger partial charge on any atom is 0.414 e. The van der Waals surface area contributed by atoms with Crippen LogP contribution in [0, 0.1) is 5.82 Å². The molecule has 2 aliphatic heterocycles. The second-order valence-corrected chi connectivity index (χ2v) is 6.75. The van der Waals surface area contributed by atoms with E-state index in [9.17, 15) is 14.0 Å². The van der Waals surface area contributed by atoms with Gasteiger partial charge >= 0.3 is 6.09 Å². The van der Waals surface area contributed by atoms with E-state index in [1.165, 1.54) is 27.0 Å². The highest BCUT2D eigenvalue weighted by atomic mass is 19.1. The van der Waals surface area contributed by atoms with Gasteiger partial charge in [0.25, 0.3) is 0 Å². The molecule has 3 heterocycles. The Balaban J connectivity index is 1.46. The fraction of sp³-hybridized carbons (Fsp3) is 0.389. The third kappa shape index (κ3) is 3.94. The minimum Gasteiger partial charge on any atom is -0.442 e. The zero-order valence-corrected chi connectivity index (χ0v) is 15.4. The molecule has 1 aromatic carbocycles. The molecule has 2 aromatic rings. The van der Waals surface area contributed by atoms with Gasteiger partial charge in [-0.2, -0.15) is 4.80 Å². The number of tetrazole rings is 1. The van der Waals surface area contributed by atoms with Crippen molar-refractivity contribution in [2.75, 3.05) is 31.1 Å². The lowest BCUT2D eigenvalue weighted by Gasteiger charge is -2.26. The normalized spacial score (nSPS) is 19.3. The summed E-state index contributed by atoms with van der Waals surface area (Å²) in [5, 5.41) is 20.2. The van der Waals surface area contributed by atoms with Gasteiger partial charge in [-0.25, -0.2) is 9.18 Å². The van der Waals surface area contributed by atoms with Gasteiger partial charge in [0.2, 0.25) is 5.91 Å². The highest BCUT2D eigenvalue weighted by Crippen LogP contribution is 2.29. The summed E-state index contributed by atoms with van der Waals surface area (Å²) in [4.78, 5) is 27.9. The molecule has 0 radical (unpaired) electrons. The van der Waals surface area contributed by atoms with Gasteiger partial charge in [-0.15, -0.1) is 10.2 Å². The van der Waals surface area contributed by atoms with E-state index in [0.717, 1.165) is 5.57 Å². The number of anilines is 1. The average molecular weight is 402 g/mol. The van der Waals surface area contributed by atoms with Gasteiger partial charge in [0, 0.05) is 18.7 Å². The number of aliphatic hydroxyl groups is 1. The fourth-order valence-electron chi connectivity index (χ4n) is 3.45. The number of aromatic nitrogens is 4. The van der Waals surface area contributed by atoms with E-state index in [1.54, 1.807) is 18.2 Å². The summed E-state index contributed by atoms with van der Waals surface area (Å²) in [5.41, 5.74) is 1.62. The van der Waals surface area contributed by atoms with Crippen LogP contribution < -0.4 is 4.90 Å². The van der Waals surface area contributed by atoms with Crippen LogP contribution in [0.2, 0.25) is 0 Å². The molecule has 4 rings (SSSR count). The number of amides is 2. The molecule has 152 valence electrons. The van der Waals surface area contributed by atoms with E-state index in [1.807, 2.05) is 0 Å². The van der Waals surface area contributed by atoms with Crippen molar-refractivity contribution in [2.45, 2.75) is 19.1 Å². The number of carbonyl (C=O) groups is 2. The number of carbonyl (C=O) groups excluding carboxylic acids is 2. The lowest BCUT2D eigenvalue weighted by atomic mass is 9.98. The zero-order chi connectivity index (χ0) is 20.4. The zero-order valence-electron chi connectivity index (χ0n) is 15.4. The first-order valence-corrected chi connectivity index (χ1v) is 9.11. The molecule has 0 bridgehead atoms. The Bertz CT molecular complexity index is 948. The quantitative estimate of drug-likeness (QED) is 0.772. The van der Waals surface area contributed by atoms with Gasteiger partial charge in [-0.1, -0.05) is 6.08 Å². The maximum absolute atomic E-state index is 14.8. The number of ether oxygens (including phenoxy) is 1. The summed E-state index contributed by atoms with van der Waals surface area (Å²) in [6, 6.07) is 4.60. The van der Waals surface area contributed by atoms with Crippen LogP contribution in [0.3, 0.4) is 0 Å². The van der Waals surface area contributed by atoms with E-state index in [0.29, 0.717) is 30.8 Å². The lowest BCUT2D eigenvalue weighted by molar-refractivity contribution is -0.133. The predicted octanol–water partition coefficient (Wildman–Crippen LogP) is 0.446. The van der Waals surface area contributed by atoms with Gasteiger partial charge in [-0.3, -0.25) is 9.69 Å². The lowest BCUT2D eigenvalue weighted by Crippen LogP contribution is -2.36. The van der Waals surface area contributed by atoms with Crippen molar-refractivity contribution in [2.24, 2.45) is 0 Å². The van der Waals surface area contributed by atoms with Crippen LogP contribution in [0.15, 0.2) is 30.6 Å². The molecule has 1 fully saturated rings. The molecular formula is C18H19FN6O4. The number of nitrogens with zero attached hydrogens (tertiary/aromatic N) is 6. The summed E-state index contributed by atoms with van der Waals surface area (Å²) in [6.07, 6.45) is 2.54. The molecular weight excluding hydrogens is 383 g/mol. The average Bonchev–Trinajstić information content (AvgIpc) is 3.37. The molecule has 2 aliphatic rings. The van der Waals surface area contributed by atoms with E-state index < -0.39 is 24.6 Å². The first-order valence-electron chi connectivity index (χ1n) is 9.11. The van der Waals surface area contributed by atoms with Gasteiger partial charge in [-0.05, 0) is 35.4 Å². The van der Waals surface area contributed by atoms with Crippen LogP contribution in [0.5, 0.6) is 0 Å². The molecule has 11 heteroatoms. The molecule has 10 nitrogen and oxygen atoms in total. The van der Waals surface area contributed by atoms with Crippen LogP contribution in [-0.4, -0.2) is 74.6 Å². The molecule has 0 unspecified atom stereocenters. The standard InChI is InChI=1S/C18H19FN6O4/c19-16-7-13(24-8-14(29-18(24)28)9-25-21-11-20-22-25)1-2-15(16)12-3-5-23(6-4-12)17(27)10-26/h1-3,7,11,14,26H,4-6,8-10H2/t14-/m1/s1. The van der Waals surface area contributed by atoms with E-state index >= 15 is 0 Å². The van der Waals surface area contributed by atoms with Crippen LogP contribution in [0.1, 0.15) is 12.0 Å². The molecule has 1 atom stereocenters. The van der Waals surface area contributed by atoms with Crippen molar-refractivity contribution in [1.29, 1.82) is 0 Å². The number of benzene rings is 1. The second-order valence-electron chi connectivity index (χ2n) is 6.75. The largest absolute Gasteiger partial charge is 0.442 e. The molecule has 1 aromatic heterocycles. The SMILES string of the molecule is O=C(CO)N1CC=C(c2ccc(N3C[C@H](Cn4ncnn4)OC3=O)cc2F)CC1. The summed E-state index contributed by atoms with van der Waals surface area (Å²) < 4.78 is 20.1. The number of rotatable bonds is 5. The van der Waals surface area contributed by atoms with Crippen LogP contribution in [-0.2, 0) is 16.1 Å². The van der Waals surface area contributed by atoms with Crippen molar-refractivity contribution in [3.63, 3.8) is 0 Å². The molecule has 1 N–H and O–H groups in total. The topological polar surface area (TPSA) is 114 Å². The predicted molar refractivity (Wildman–Crippen MR) is 98.1 cm³/mol. The number of halogens is 1. The summed E-state index contributed by atoms with van der Waals surface area (Å²) >= 11 is 0. The van der Waals surface area contributed by atoms with E-state index in [2.05, 4.69) is 15.4 Å². The first-order chi connectivity index (χ1) is 14.0. The highest BCUT2D eigenvalue weighted by molar-refractivity contribution is 5.90. The van der Waals surface area contributed by atoms with Crippen molar-refractivity contribution in [1.82, 2.24) is 25.1 Å². The Morgan fingerprint density at radius 3 is 2.90 bits per heavy atom. The fourth-order valence-corrected chi connectivity index (χ4v) is 3.45. The van der Waals surface area contributed by atoms with Crippen molar-refractivity contribution < 1.29 is 23.8 Å². The van der Waals surface area contributed by atoms with Crippen LogP contribution in [0.25, 0.3) is 5.57 Å². The Morgan fingerprint density at radius 1 is 1.38 bits per heavy atom. The van der Waals surface area contributed by atoms with E-state index in [-0.39, 0.29) is 19.0 Å². The summed E-state index contributed by atoms with van der Waals surface area (Å²) in [6.45, 7) is 0.722. The third-order valence-corrected chi connectivity index (χ3v) is 4.94.